The standard InChI is InChI=1S/C14H12F2N4O2/c1-3-9(2)22-13(21)10-6-17-11-4-5-12(18-20(10)11)19-7-14(15,16)8-19/h3-6H,1-2,7-8H2. The van der Waals surface area contributed by atoms with Gasteiger partial charge in [0.05, 0.1) is 19.3 Å². The van der Waals surface area contributed by atoms with E-state index in [0.717, 1.165) is 0 Å². The third-order valence-electron chi connectivity index (χ3n) is 3.18. The van der Waals surface area contributed by atoms with E-state index in [1.165, 1.54) is 21.7 Å². The van der Waals surface area contributed by atoms with E-state index in [4.69, 9.17) is 4.74 Å². The van der Waals surface area contributed by atoms with E-state index in [0.29, 0.717) is 11.5 Å². The van der Waals surface area contributed by atoms with Crippen molar-refractivity contribution in [3.8, 4) is 0 Å². The van der Waals surface area contributed by atoms with Gasteiger partial charge in [0, 0.05) is 0 Å². The fourth-order valence-corrected chi connectivity index (χ4v) is 2.06. The summed E-state index contributed by atoms with van der Waals surface area (Å²) in [6, 6.07) is 3.17. The summed E-state index contributed by atoms with van der Waals surface area (Å²) in [6.45, 7) is 6.13. The molecule has 0 atom stereocenters. The zero-order valence-electron chi connectivity index (χ0n) is 11.5. The Morgan fingerprint density at radius 1 is 1.41 bits per heavy atom. The minimum Gasteiger partial charge on any atom is -0.422 e. The minimum atomic E-state index is -2.70. The first-order valence-electron chi connectivity index (χ1n) is 6.41. The fourth-order valence-electron chi connectivity index (χ4n) is 2.06. The maximum Gasteiger partial charge on any atom is 0.364 e. The number of carbonyl (C=O) groups excluding carboxylic acids is 1. The lowest BCUT2D eigenvalue weighted by Crippen LogP contribution is -2.56. The molecule has 1 saturated heterocycles. The summed E-state index contributed by atoms with van der Waals surface area (Å²) in [5.74, 6) is -2.96. The second-order valence-electron chi connectivity index (χ2n) is 4.88. The first-order valence-corrected chi connectivity index (χ1v) is 6.41. The molecule has 1 fully saturated rings. The van der Waals surface area contributed by atoms with Crippen molar-refractivity contribution in [2.75, 3.05) is 18.0 Å². The number of esters is 1. The van der Waals surface area contributed by atoms with Crippen LogP contribution in [-0.4, -0.2) is 39.6 Å². The normalized spacial score (nSPS) is 16.2. The van der Waals surface area contributed by atoms with Crippen LogP contribution in [0.3, 0.4) is 0 Å². The maximum absolute atomic E-state index is 12.9. The number of allylic oxidation sites excluding steroid dienone is 1. The third kappa shape index (κ3) is 2.43. The molecule has 3 heterocycles. The molecule has 0 spiro atoms. The summed E-state index contributed by atoms with van der Waals surface area (Å²) in [7, 11) is 0. The van der Waals surface area contributed by atoms with E-state index in [-0.39, 0.29) is 11.5 Å². The molecule has 0 amide bonds. The molecule has 3 rings (SSSR count). The maximum atomic E-state index is 12.9. The Kier molecular flexibility index (Phi) is 3.16. The molecule has 2 aromatic rings. The van der Waals surface area contributed by atoms with Crippen LogP contribution in [0.25, 0.3) is 5.65 Å². The molecule has 6 nitrogen and oxygen atoms in total. The number of hydrogen-bond donors (Lipinski definition) is 0. The summed E-state index contributed by atoms with van der Waals surface area (Å²) in [4.78, 5) is 17.4. The van der Waals surface area contributed by atoms with Crippen molar-refractivity contribution < 1.29 is 18.3 Å². The number of anilines is 1. The molecule has 114 valence electrons. The van der Waals surface area contributed by atoms with Crippen LogP contribution in [0.4, 0.5) is 14.6 Å². The number of fused-ring (bicyclic) bond motifs is 1. The average molecular weight is 306 g/mol. The van der Waals surface area contributed by atoms with Gasteiger partial charge in [0.2, 0.25) is 0 Å². The van der Waals surface area contributed by atoms with Crippen LogP contribution in [0.5, 0.6) is 0 Å². The molecule has 0 N–H and O–H groups in total. The molecule has 0 unspecified atom stereocenters. The van der Waals surface area contributed by atoms with Crippen LogP contribution in [0.1, 0.15) is 10.5 Å². The monoisotopic (exact) mass is 306 g/mol. The quantitative estimate of drug-likeness (QED) is 0.491. The van der Waals surface area contributed by atoms with E-state index in [1.54, 1.807) is 12.1 Å². The number of nitrogens with zero attached hydrogens (tertiary/aromatic N) is 4. The zero-order chi connectivity index (χ0) is 15.9. The number of carbonyl (C=O) groups is 1. The number of halogens is 2. The number of aromatic nitrogens is 3. The van der Waals surface area contributed by atoms with Gasteiger partial charge in [-0.3, -0.25) is 0 Å². The molecule has 0 bridgehead atoms. The van der Waals surface area contributed by atoms with E-state index < -0.39 is 25.0 Å². The summed E-state index contributed by atoms with van der Waals surface area (Å²) in [5, 5.41) is 4.17. The van der Waals surface area contributed by atoms with Gasteiger partial charge < -0.3 is 9.64 Å². The fraction of sp³-hybridized carbons (Fsp3) is 0.214. The summed E-state index contributed by atoms with van der Waals surface area (Å²) >= 11 is 0. The van der Waals surface area contributed by atoms with E-state index in [1.807, 2.05) is 0 Å². The SMILES string of the molecule is C=CC(=C)OC(=O)c1cnc2ccc(N3CC(F)(F)C3)nn12. The largest absolute Gasteiger partial charge is 0.422 e. The predicted molar refractivity (Wildman–Crippen MR) is 74.9 cm³/mol. The van der Waals surface area contributed by atoms with Crippen molar-refractivity contribution in [2.24, 2.45) is 0 Å². The van der Waals surface area contributed by atoms with Gasteiger partial charge in [-0.05, 0) is 18.2 Å². The van der Waals surface area contributed by atoms with Crippen molar-refractivity contribution in [1.82, 2.24) is 14.6 Å². The summed E-state index contributed by atoms with van der Waals surface area (Å²) < 4.78 is 32.1. The first kappa shape index (κ1) is 14.2. The van der Waals surface area contributed by atoms with Crippen LogP contribution in [0, 0.1) is 0 Å². The van der Waals surface area contributed by atoms with Crippen molar-refractivity contribution in [2.45, 2.75) is 5.92 Å². The molecular formula is C14H12F2N4O2. The predicted octanol–water partition coefficient (Wildman–Crippen LogP) is 2.04. The van der Waals surface area contributed by atoms with Crippen molar-refractivity contribution in [1.29, 1.82) is 0 Å². The molecule has 22 heavy (non-hydrogen) atoms. The number of ether oxygens (including phenoxy) is 1. The molecule has 2 aromatic heterocycles. The average Bonchev–Trinajstić information content (AvgIpc) is 2.87. The highest BCUT2D eigenvalue weighted by Crippen LogP contribution is 2.30. The number of alkyl halides is 2. The molecule has 8 heteroatoms. The molecule has 0 aromatic carbocycles. The topological polar surface area (TPSA) is 59.7 Å². The molecular weight excluding hydrogens is 294 g/mol. The highest BCUT2D eigenvalue weighted by molar-refractivity contribution is 5.89. The zero-order valence-corrected chi connectivity index (χ0v) is 11.5. The molecule has 0 saturated carbocycles. The molecule has 0 radical (unpaired) electrons. The van der Waals surface area contributed by atoms with Crippen LogP contribution < -0.4 is 4.90 Å². The van der Waals surface area contributed by atoms with Crippen molar-refractivity contribution >= 4 is 17.4 Å². The molecule has 1 aliphatic heterocycles. The third-order valence-corrected chi connectivity index (χ3v) is 3.18. The number of imidazole rings is 1. The Bertz CT molecular complexity index is 776. The Balaban J connectivity index is 1.90. The molecule has 1 aliphatic rings. The van der Waals surface area contributed by atoms with Gasteiger partial charge in [-0.15, -0.1) is 5.10 Å². The van der Waals surface area contributed by atoms with Gasteiger partial charge in [-0.25, -0.2) is 23.1 Å². The smallest absolute Gasteiger partial charge is 0.364 e. The van der Waals surface area contributed by atoms with Crippen LogP contribution >= 0.6 is 0 Å². The van der Waals surface area contributed by atoms with Crippen LogP contribution in [0.2, 0.25) is 0 Å². The number of rotatable bonds is 4. The lowest BCUT2D eigenvalue weighted by atomic mass is 10.1. The number of hydrogen-bond acceptors (Lipinski definition) is 5. The minimum absolute atomic E-state index is 0.0760. The summed E-state index contributed by atoms with van der Waals surface area (Å²) in [6.07, 6.45) is 2.59. The highest BCUT2D eigenvalue weighted by atomic mass is 19.3. The van der Waals surface area contributed by atoms with Gasteiger partial charge in [-0.2, -0.15) is 0 Å². The second kappa shape index (κ2) is 4.90. The van der Waals surface area contributed by atoms with Gasteiger partial charge in [0.1, 0.15) is 11.6 Å². The Labute approximate surface area is 124 Å². The molecule has 0 aliphatic carbocycles. The highest BCUT2D eigenvalue weighted by Gasteiger charge is 2.44. The first-order chi connectivity index (χ1) is 10.4. The van der Waals surface area contributed by atoms with Crippen LogP contribution in [-0.2, 0) is 4.74 Å². The lowest BCUT2D eigenvalue weighted by Gasteiger charge is -2.39. The van der Waals surface area contributed by atoms with E-state index >= 15 is 0 Å². The van der Waals surface area contributed by atoms with E-state index in [9.17, 15) is 13.6 Å². The van der Waals surface area contributed by atoms with Gasteiger partial charge in [0.15, 0.2) is 11.3 Å². The van der Waals surface area contributed by atoms with Gasteiger partial charge in [-0.1, -0.05) is 13.2 Å². The summed E-state index contributed by atoms with van der Waals surface area (Å²) in [5.41, 5.74) is 0.485. The Morgan fingerprint density at radius 2 is 2.14 bits per heavy atom. The Hall–Kier alpha value is -2.77. The van der Waals surface area contributed by atoms with Gasteiger partial charge >= 0.3 is 5.97 Å². The Morgan fingerprint density at radius 3 is 2.77 bits per heavy atom. The second-order valence-corrected chi connectivity index (χ2v) is 4.88. The van der Waals surface area contributed by atoms with Crippen LogP contribution in [0.15, 0.2) is 43.3 Å². The lowest BCUT2D eigenvalue weighted by molar-refractivity contribution is -0.0268. The van der Waals surface area contributed by atoms with Crippen molar-refractivity contribution in [3.63, 3.8) is 0 Å². The van der Waals surface area contributed by atoms with Crippen molar-refractivity contribution in [3.05, 3.63) is 49.0 Å². The van der Waals surface area contributed by atoms with Gasteiger partial charge in [0.25, 0.3) is 5.92 Å². The van der Waals surface area contributed by atoms with E-state index in [2.05, 4.69) is 23.2 Å².